The van der Waals surface area contributed by atoms with Crippen LogP contribution in [0.25, 0.3) is 0 Å². The van der Waals surface area contributed by atoms with Crippen LogP contribution in [0, 0.1) is 18.8 Å². The van der Waals surface area contributed by atoms with E-state index in [0.717, 1.165) is 17.9 Å². The summed E-state index contributed by atoms with van der Waals surface area (Å²) in [7, 11) is 4.19. The zero-order valence-corrected chi connectivity index (χ0v) is 11.7. The molecule has 2 fully saturated rings. The van der Waals surface area contributed by atoms with Gasteiger partial charge >= 0.3 is 0 Å². The van der Waals surface area contributed by atoms with E-state index in [-0.39, 0.29) is 0 Å². The van der Waals surface area contributed by atoms with Crippen LogP contribution in [0.5, 0.6) is 0 Å². The molecule has 0 aromatic heterocycles. The van der Waals surface area contributed by atoms with Crippen LogP contribution in [-0.2, 0) is 0 Å². The molecule has 0 radical (unpaired) electrons. The predicted octanol–water partition coefficient (Wildman–Crippen LogP) is 3.66. The second-order valence-corrected chi connectivity index (χ2v) is 6.24. The van der Waals surface area contributed by atoms with Crippen molar-refractivity contribution in [2.24, 2.45) is 11.8 Å². The third-order valence-corrected chi connectivity index (χ3v) is 4.31. The Hall–Kier alpha value is -1.18. The van der Waals surface area contributed by atoms with E-state index in [9.17, 15) is 0 Å². The van der Waals surface area contributed by atoms with Gasteiger partial charge in [0, 0.05) is 31.5 Å². The maximum Gasteiger partial charge on any atom is 0.0373 e. The zero-order chi connectivity index (χ0) is 12.7. The van der Waals surface area contributed by atoms with Gasteiger partial charge in [0.2, 0.25) is 0 Å². The second kappa shape index (κ2) is 4.49. The highest BCUT2D eigenvalue weighted by atomic mass is 15.1. The smallest absolute Gasteiger partial charge is 0.0373 e. The molecular formula is C16H24N2. The highest BCUT2D eigenvalue weighted by Gasteiger charge is 2.41. The van der Waals surface area contributed by atoms with Crippen molar-refractivity contribution in [3.05, 3.63) is 23.8 Å². The molecule has 2 aliphatic carbocycles. The third-order valence-electron chi connectivity index (χ3n) is 4.31. The van der Waals surface area contributed by atoms with E-state index in [0.29, 0.717) is 0 Å². The van der Waals surface area contributed by atoms with E-state index >= 15 is 0 Å². The fourth-order valence-electron chi connectivity index (χ4n) is 2.80. The minimum absolute atomic E-state index is 0.744. The van der Waals surface area contributed by atoms with E-state index < -0.39 is 0 Å². The van der Waals surface area contributed by atoms with Crippen molar-refractivity contribution >= 4 is 11.4 Å². The third kappa shape index (κ3) is 2.47. The molecule has 0 unspecified atom stereocenters. The molecule has 0 amide bonds. The number of aryl methyl sites for hydroxylation is 1. The summed E-state index contributed by atoms with van der Waals surface area (Å²) in [5.74, 6) is 1.90. The van der Waals surface area contributed by atoms with Crippen LogP contribution in [0.1, 0.15) is 31.2 Å². The van der Waals surface area contributed by atoms with E-state index in [1.807, 2.05) is 0 Å². The number of hydrogen-bond acceptors (Lipinski definition) is 2. The first-order chi connectivity index (χ1) is 8.65. The van der Waals surface area contributed by atoms with Gasteiger partial charge in [-0.25, -0.2) is 0 Å². The Labute approximate surface area is 110 Å². The first-order valence-corrected chi connectivity index (χ1v) is 7.19. The Bertz CT molecular complexity index is 419. The summed E-state index contributed by atoms with van der Waals surface area (Å²) < 4.78 is 0. The van der Waals surface area contributed by atoms with Gasteiger partial charge in [0.1, 0.15) is 0 Å². The van der Waals surface area contributed by atoms with Gasteiger partial charge in [0.15, 0.2) is 0 Å². The van der Waals surface area contributed by atoms with Crippen LogP contribution in [-0.4, -0.2) is 20.1 Å². The Balaban J connectivity index is 1.75. The van der Waals surface area contributed by atoms with Crippen molar-refractivity contribution in [2.45, 2.75) is 38.6 Å². The van der Waals surface area contributed by atoms with Gasteiger partial charge in [0.25, 0.3) is 0 Å². The normalized spacial score (nSPS) is 19.1. The highest BCUT2D eigenvalue weighted by Crippen LogP contribution is 2.46. The fraction of sp³-hybridized carbons (Fsp3) is 0.625. The van der Waals surface area contributed by atoms with Crippen molar-refractivity contribution in [3.8, 4) is 0 Å². The van der Waals surface area contributed by atoms with Crippen LogP contribution in [0.15, 0.2) is 18.2 Å². The van der Waals surface area contributed by atoms with Crippen molar-refractivity contribution in [3.63, 3.8) is 0 Å². The lowest BCUT2D eigenvalue weighted by atomic mass is 10.1. The minimum Gasteiger partial charge on any atom is -0.382 e. The molecule has 0 aliphatic heterocycles. The highest BCUT2D eigenvalue weighted by molar-refractivity contribution is 5.60. The summed E-state index contributed by atoms with van der Waals surface area (Å²) in [6.07, 6.45) is 5.73. The largest absolute Gasteiger partial charge is 0.382 e. The number of anilines is 2. The van der Waals surface area contributed by atoms with Gasteiger partial charge in [-0.2, -0.15) is 0 Å². The van der Waals surface area contributed by atoms with Crippen molar-refractivity contribution in [2.75, 3.05) is 24.3 Å². The van der Waals surface area contributed by atoms with E-state index in [4.69, 9.17) is 0 Å². The minimum atomic E-state index is 0.744. The fourth-order valence-corrected chi connectivity index (χ4v) is 2.80. The Morgan fingerprint density at radius 2 is 1.72 bits per heavy atom. The Kier molecular flexibility index (Phi) is 2.96. The molecule has 1 aromatic rings. The van der Waals surface area contributed by atoms with Crippen LogP contribution >= 0.6 is 0 Å². The van der Waals surface area contributed by atoms with Gasteiger partial charge in [-0.3, -0.25) is 0 Å². The average Bonchev–Trinajstić information content (AvgIpc) is 3.19. The molecule has 2 aliphatic rings. The number of hydrogen-bond donors (Lipinski definition) is 1. The topological polar surface area (TPSA) is 15.3 Å². The van der Waals surface area contributed by atoms with E-state index in [1.165, 1.54) is 42.6 Å². The van der Waals surface area contributed by atoms with Crippen LogP contribution in [0.3, 0.4) is 0 Å². The first kappa shape index (κ1) is 11.9. The molecule has 3 rings (SSSR count). The second-order valence-electron chi connectivity index (χ2n) is 6.24. The maximum absolute atomic E-state index is 3.82. The lowest BCUT2D eigenvalue weighted by molar-refractivity contribution is 0.567. The van der Waals surface area contributed by atoms with Crippen molar-refractivity contribution in [1.82, 2.24) is 0 Å². The quantitative estimate of drug-likeness (QED) is 0.850. The number of nitrogens with zero attached hydrogens (tertiary/aromatic N) is 1. The lowest BCUT2D eigenvalue weighted by Crippen LogP contribution is -2.24. The van der Waals surface area contributed by atoms with Gasteiger partial charge in [0.05, 0.1) is 0 Å². The standard InChI is InChI=1S/C16H24N2/c1-11-10-14(18(2)3)8-9-15(11)17-16(12-4-5-12)13-6-7-13/h8-10,12-13,16-17H,4-7H2,1-3H3. The Morgan fingerprint density at radius 3 is 2.17 bits per heavy atom. The van der Waals surface area contributed by atoms with Gasteiger partial charge < -0.3 is 10.2 Å². The molecule has 98 valence electrons. The monoisotopic (exact) mass is 244 g/mol. The SMILES string of the molecule is Cc1cc(N(C)C)ccc1NC(C1CC1)C1CC1. The molecule has 0 saturated heterocycles. The summed E-state index contributed by atoms with van der Waals surface area (Å²) >= 11 is 0. The summed E-state index contributed by atoms with van der Waals surface area (Å²) in [6.45, 7) is 2.21. The van der Waals surface area contributed by atoms with Crippen molar-refractivity contribution in [1.29, 1.82) is 0 Å². The van der Waals surface area contributed by atoms with Crippen LogP contribution < -0.4 is 10.2 Å². The molecule has 0 spiro atoms. The number of benzene rings is 1. The molecular weight excluding hydrogens is 220 g/mol. The molecule has 1 N–H and O–H groups in total. The molecule has 2 heteroatoms. The number of nitrogens with one attached hydrogen (secondary N) is 1. The number of rotatable bonds is 5. The predicted molar refractivity (Wildman–Crippen MR) is 78.4 cm³/mol. The van der Waals surface area contributed by atoms with Gasteiger partial charge in [-0.05, 0) is 68.2 Å². The molecule has 0 bridgehead atoms. The maximum atomic E-state index is 3.82. The molecule has 0 heterocycles. The summed E-state index contributed by atoms with van der Waals surface area (Å²) in [4.78, 5) is 2.16. The molecule has 2 nitrogen and oxygen atoms in total. The van der Waals surface area contributed by atoms with Gasteiger partial charge in [-0.1, -0.05) is 0 Å². The zero-order valence-electron chi connectivity index (χ0n) is 11.7. The molecule has 0 atom stereocenters. The Morgan fingerprint density at radius 1 is 1.11 bits per heavy atom. The van der Waals surface area contributed by atoms with Crippen LogP contribution in [0.4, 0.5) is 11.4 Å². The summed E-state index contributed by atoms with van der Waals surface area (Å²) in [6, 6.07) is 7.49. The molecule has 2 saturated carbocycles. The van der Waals surface area contributed by atoms with E-state index in [2.05, 4.69) is 49.4 Å². The molecule has 1 aromatic carbocycles. The first-order valence-electron chi connectivity index (χ1n) is 7.19. The molecule has 18 heavy (non-hydrogen) atoms. The summed E-state index contributed by atoms with van der Waals surface area (Å²) in [5.41, 5.74) is 3.99. The van der Waals surface area contributed by atoms with Crippen molar-refractivity contribution < 1.29 is 0 Å². The van der Waals surface area contributed by atoms with E-state index in [1.54, 1.807) is 0 Å². The lowest BCUT2D eigenvalue weighted by Gasteiger charge is -2.22. The van der Waals surface area contributed by atoms with Crippen LogP contribution in [0.2, 0.25) is 0 Å². The van der Waals surface area contributed by atoms with Gasteiger partial charge in [-0.15, -0.1) is 0 Å². The average molecular weight is 244 g/mol. The summed E-state index contributed by atoms with van der Waals surface area (Å²) in [5, 5.41) is 3.82.